The van der Waals surface area contributed by atoms with E-state index in [-0.39, 0.29) is 20.3 Å². The maximum atomic E-state index is 14.4. The van der Waals surface area contributed by atoms with Crippen LogP contribution in [0.5, 0.6) is 0 Å². The summed E-state index contributed by atoms with van der Waals surface area (Å²) in [4.78, 5) is 4.81. The van der Waals surface area contributed by atoms with Crippen molar-refractivity contribution in [1.82, 2.24) is 4.98 Å². The molecule has 148 valence electrons. The van der Waals surface area contributed by atoms with E-state index in [4.69, 9.17) is 4.98 Å². The molecule has 4 heteroatoms. The molecule has 5 rings (SSSR count). The van der Waals surface area contributed by atoms with E-state index >= 15 is 0 Å². The molecular weight excluding hydrogens is 497 g/mol. The van der Waals surface area contributed by atoms with E-state index in [9.17, 15) is 4.39 Å². The summed E-state index contributed by atoms with van der Waals surface area (Å²) in [6.07, 6.45) is 1.89. The molecule has 0 aliphatic carbocycles. The molecule has 5 aromatic rings. The van der Waals surface area contributed by atoms with E-state index in [0.29, 0.717) is 5.56 Å². The molecule has 0 amide bonds. The Labute approximate surface area is 184 Å². The van der Waals surface area contributed by atoms with Crippen molar-refractivity contribution in [2.24, 2.45) is 0 Å². The van der Waals surface area contributed by atoms with Gasteiger partial charge in [0.1, 0.15) is 0 Å². The van der Waals surface area contributed by atoms with Crippen molar-refractivity contribution < 1.29 is 4.39 Å². The average Bonchev–Trinajstić information content (AvgIpc) is 3.16. The number of pyridine rings is 1. The molecule has 0 atom stereocenters. The van der Waals surface area contributed by atoms with E-state index in [1.807, 2.05) is 18.3 Å². The fraction of sp³-hybridized carbons (Fsp3) is 0.115. The van der Waals surface area contributed by atoms with Gasteiger partial charge >= 0.3 is 185 Å². The van der Waals surface area contributed by atoms with Crippen LogP contribution in [0, 0.1) is 5.82 Å². The molecule has 0 radical (unpaired) electrons. The monoisotopic (exact) mass is 521 g/mol. The van der Waals surface area contributed by atoms with E-state index < -0.39 is 13.3 Å². The fourth-order valence-corrected chi connectivity index (χ4v) is 9.94. The molecule has 0 unspecified atom stereocenters. The van der Waals surface area contributed by atoms with E-state index in [0.717, 1.165) is 10.1 Å². The summed E-state index contributed by atoms with van der Waals surface area (Å²) in [6.45, 7) is 0. The summed E-state index contributed by atoms with van der Waals surface area (Å²) >= 11 is -2.07. The van der Waals surface area contributed by atoms with Gasteiger partial charge in [0.15, 0.2) is 0 Å². The van der Waals surface area contributed by atoms with Gasteiger partial charge in [0.2, 0.25) is 0 Å². The predicted octanol–water partition coefficient (Wildman–Crippen LogP) is 6.46. The number of nitrogens with zero attached hydrogens (tertiary/aromatic N) is 1. The van der Waals surface area contributed by atoms with Gasteiger partial charge in [0.25, 0.3) is 0 Å². The Morgan fingerprint density at radius 2 is 1.60 bits per heavy atom. The molecule has 3 aromatic carbocycles. The summed E-state index contributed by atoms with van der Waals surface area (Å²) in [7, 11) is 0. The van der Waals surface area contributed by atoms with E-state index in [2.05, 4.69) is 65.8 Å². The normalized spacial score (nSPS) is 12.0. The molecule has 2 aromatic heterocycles. The van der Waals surface area contributed by atoms with Gasteiger partial charge in [-0.3, -0.25) is 0 Å². The van der Waals surface area contributed by atoms with Gasteiger partial charge < -0.3 is 0 Å². The third-order valence-electron chi connectivity index (χ3n) is 5.52. The summed E-state index contributed by atoms with van der Waals surface area (Å²) < 4.78 is 18.3. The molecule has 0 saturated heterocycles. The van der Waals surface area contributed by atoms with Crippen molar-refractivity contribution in [1.29, 1.82) is 0 Å². The quantitative estimate of drug-likeness (QED) is 0.250. The Bertz CT molecular complexity index is 1400. The van der Waals surface area contributed by atoms with Gasteiger partial charge in [-0.15, -0.1) is 0 Å². The first-order valence-electron chi connectivity index (χ1n) is 10.1. The first-order chi connectivity index (χ1) is 14.4. The molecule has 0 fully saturated rings. The molecule has 0 spiro atoms. The first-order valence-corrected chi connectivity index (χ1v) is 19.1. The Morgan fingerprint density at radius 3 is 2.40 bits per heavy atom. The van der Waals surface area contributed by atoms with Crippen LogP contribution >= 0.6 is 0 Å². The zero-order chi connectivity index (χ0) is 20.9. The molecule has 30 heavy (non-hydrogen) atoms. The zero-order valence-electron chi connectivity index (χ0n) is 17.2. The van der Waals surface area contributed by atoms with Gasteiger partial charge in [-0.1, -0.05) is 0 Å². The standard InChI is InChI=1S/C26H22FGeNSe/c1-28(2,3)23-15-19(14-17-8-4-5-9-20(17)23)25-26-18(12-13-29-25)16-24(30-26)21-10-6-7-11-22(21)27/h4-16H,1-3H3. The van der Waals surface area contributed by atoms with Crippen LogP contribution in [-0.2, 0) is 0 Å². The van der Waals surface area contributed by atoms with Crippen LogP contribution in [0.15, 0.2) is 79.0 Å². The molecule has 0 bridgehead atoms. The van der Waals surface area contributed by atoms with E-state index in [1.165, 1.54) is 30.4 Å². The molecule has 1 nitrogen and oxygen atoms in total. The van der Waals surface area contributed by atoms with Gasteiger partial charge in [-0.2, -0.15) is 0 Å². The maximum absolute atomic E-state index is 14.4. The van der Waals surface area contributed by atoms with Crippen LogP contribution in [0.1, 0.15) is 0 Å². The zero-order valence-corrected chi connectivity index (χ0v) is 21.1. The number of hydrogen-bond donors (Lipinski definition) is 0. The minimum atomic E-state index is -2.10. The SMILES string of the molecule is [CH3][Ge]([CH3])([CH3])[c]1cc(-c2nccc3cc(-c4ccccc4F)[se]c23)cc2ccccc12. The molecule has 0 aliphatic rings. The van der Waals surface area contributed by atoms with Crippen molar-refractivity contribution in [3.8, 4) is 21.3 Å². The Morgan fingerprint density at radius 1 is 0.833 bits per heavy atom. The Hall–Kier alpha value is -2.20. The second kappa shape index (κ2) is 7.49. The summed E-state index contributed by atoms with van der Waals surface area (Å²) in [5.41, 5.74) is 2.95. The summed E-state index contributed by atoms with van der Waals surface area (Å²) in [6, 6.07) is 24.6. The number of fused-ring (bicyclic) bond motifs is 2. The van der Waals surface area contributed by atoms with Crippen LogP contribution in [0.2, 0.25) is 17.3 Å². The fourth-order valence-electron chi connectivity index (χ4n) is 4.03. The number of benzene rings is 3. The minimum absolute atomic E-state index is 0.0239. The third kappa shape index (κ3) is 3.45. The van der Waals surface area contributed by atoms with Gasteiger partial charge in [-0.25, -0.2) is 0 Å². The van der Waals surface area contributed by atoms with Crippen molar-refractivity contribution in [2.45, 2.75) is 17.3 Å². The van der Waals surface area contributed by atoms with Crippen LogP contribution in [-0.4, -0.2) is 32.8 Å². The molecule has 2 heterocycles. The van der Waals surface area contributed by atoms with Crippen molar-refractivity contribution in [3.05, 3.63) is 84.8 Å². The molecule has 0 saturated carbocycles. The Balaban J connectivity index is 1.76. The molecule has 0 N–H and O–H groups in total. The first kappa shape index (κ1) is 19.7. The molecular formula is C26H22FGeNSe. The van der Waals surface area contributed by atoms with E-state index in [1.54, 1.807) is 12.1 Å². The average molecular weight is 519 g/mol. The van der Waals surface area contributed by atoms with Crippen molar-refractivity contribution in [2.75, 3.05) is 0 Å². The van der Waals surface area contributed by atoms with Crippen molar-refractivity contribution in [3.63, 3.8) is 0 Å². The second-order valence-electron chi connectivity index (χ2n) is 8.66. The summed E-state index contributed by atoms with van der Waals surface area (Å²) in [5.74, 6) is 7.17. The topological polar surface area (TPSA) is 12.9 Å². The number of aromatic nitrogens is 1. The summed E-state index contributed by atoms with van der Waals surface area (Å²) in [5, 5.41) is 3.82. The van der Waals surface area contributed by atoms with Gasteiger partial charge in [-0.05, 0) is 0 Å². The van der Waals surface area contributed by atoms with Crippen molar-refractivity contribution >= 4 is 52.6 Å². The molecule has 0 aliphatic heterocycles. The van der Waals surface area contributed by atoms with Gasteiger partial charge in [0, 0.05) is 0 Å². The second-order valence-corrected chi connectivity index (χ2v) is 21.4. The predicted molar refractivity (Wildman–Crippen MR) is 130 cm³/mol. The number of hydrogen-bond acceptors (Lipinski definition) is 1. The van der Waals surface area contributed by atoms with Crippen LogP contribution in [0.25, 0.3) is 41.7 Å². The third-order valence-corrected chi connectivity index (χ3v) is 12.3. The number of halogens is 1. The van der Waals surface area contributed by atoms with Gasteiger partial charge in [0.05, 0.1) is 0 Å². The van der Waals surface area contributed by atoms with Crippen LogP contribution in [0.4, 0.5) is 4.39 Å². The number of rotatable bonds is 3. The van der Waals surface area contributed by atoms with Crippen LogP contribution < -0.4 is 4.40 Å². The Kier molecular flexibility index (Phi) is 4.93. The van der Waals surface area contributed by atoms with Crippen LogP contribution in [0.3, 0.4) is 0 Å².